The number of aromatic nitrogens is 4. The number of fused-ring (bicyclic) bond motifs is 1. The van der Waals surface area contributed by atoms with Crippen LogP contribution in [0.15, 0.2) is 60.9 Å². The highest BCUT2D eigenvalue weighted by Gasteiger charge is 2.14. The van der Waals surface area contributed by atoms with Gasteiger partial charge in [-0.25, -0.2) is 4.98 Å². The van der Waals surface area contributed by atoms with Crippen molar-refractivity contribution in [3.05, 3.63) is 77.3 Å². The molecule has 0 fully saturated rings. The first-order valence-corrected chi connectivity index (χ1v) is 8.79. The molecule has 6 nitrogen and oxygen atoms in total. The molecular formula is C20H17ClN4O2. The van der Waals surface area contributed by atoms with Gasteiger partial charge in [-0.3, -0.25) is 0 Å². The second kappa shape index (κ2) is 7.63. The van der Waals surface area contributed by atoms with Gasteiger partial charge < -0.3 is 14.0 Å². The summed E-state index contributed by atoms with van der Waals surface area (Å²) in [6, 6.07) is 17.7. The Morgan fingerprint density at radius 2 is 1.74 bits per heavy atom. The molecule has 2 aromatic carbocycles. The van der Waals surface area contributed by atoms with Gasteiger partial charge in [0.15, 0.2) is 11.2 Å². The molecule has 27 heavy (non-hydrogen) atoms. The topological polar surface area (TPSA) is 62.1 Å². The number of methoxy groups -OCH3 is 1. The van der Waals surface area contributed by atoms with E-state index in [1.807, 2.05) is 59.2 Å². The lowest BCUT2D eigenvalue weighted by Gasteiger charge is -2.08. The molecule has 0 radical (unpaired) electrons. The number of ether oxygens (including phenoxy) is 2. The number of imidazole rings is 1. The van der Waals surface area contributed by atoms with Crippen molar-refractivity contribution in [2.45, 2.75) is 13.2 Å². The zero-order chi connectivity index (χ0) is 18.6. The van der Waals surface area contributed by atoms with E-state index in [0.717, 1.165) is 16.9 Å². The predicted molar refractivity (Wildman–Crippen MR) is 103 cm³/mol. The molecule has 2 heterocycles. The maximum Gasteiger partial charge on any atom is 0.247 e. The van der Waals surface area contributed by atoms with Crippen molar-refractivity contribution in [2.75, 3.05) is 7.11 Å². The highest BCUT2D eigenvalue weighted by Crippen LogP contribution is 2.24. The van der Waals surface area contributed by atoms with Gasteiger partial charge in [0, 0.05) is 0 Å². The smallest absolute Gasteiger partial charge is 0.247 e. The first-order valence-electron chi connectivity index (χ1n) is 8.41. The van der Waals surface area contributed by atoms with Gasteiger partial charge in [0.05, 0.1) is 20.0 Å². The summed E-state index contributed by atoms with van der Waals surface area (Å²) in [7, 11) is 1.65. The molecule has 0 aliphatic carbocycles. The van der Waals surface area contributed by atoms with E-state index in [1.54, 1.807) is 13.4 Å². The molecule has 0 unspecified atom stereocenters. The Kier molecular flexibility index (Phi) is 4.89. The third-order valence-electron chi connectivity index (χ3n) is 4.13. The predicted octanol–water partition coefficient (Wildman–Crippen LogP) is 4.12. The van der Waals surface area contributed by atoms with E-state index in [0.29, 0.717) is 30.2 Å². The van der Waals surface area contributed by atoms with Crippen LogP contribution >= 0.6 is 11.6 Å². The Hall–Kier alpha value is -3.12. The van der Waals surface area contributed by atoms with Crippen molar-refractivity contribution in [1.82, 2.24) is 19.5 Å². The largest absolute Gasteiger partial charge is 0.497 e. The molecule has 0 bridgehead atoms. The first kappa shape index (κ1) is 17.3. The number of rotatable bonds is 6. The number of hydrogen-bond donors (Lipinski definition) is 0. The van der Waals surface area contributed by atoms with Gasteiger partial charge in [-0.15, -0.1) is 0 Å². The molecule has 2 aromatic heterocycles. The number of halogens is 1. The fraction of sp³-hybridized carbons (Fsp3) is 0.150. The molecule has 7 heteroatoms. The maximum atomic E-state index is 6.12. The van der Waals surface area contributed by atoms with Crippen LogP contribution in [-0.2, 0) is 13.2 Å². The van der Waals surface area contributed by atoms with Crippen LogP contribution in [0.3, 0.4) is 0 Å². The van der Waals surface area contributed by atoms with Crippen molar-refractivity contribution < 1.29 is 9.47 Å². The van der Waals surface area contributed by atoms with Crippen LogP contribution in [0.2, 0.25) is 5.28 Å². The van der Waals surface area contributed by atoms with Crippen molar-refractivity contribution in [1.29, 1.82) is 0 Å². The van der Waals surface area contributed by atoms with Crippen LogP contribution in [0.4, 0.5) is 0 Å². The summed E-state index contributed by atoms with van der Waals surface area (Å²) in [5.74, 6) is 1.19. The quantitative estimate of drug-likeness (QED) is 0.471. The molecule has 0 spiro atoms. The molecule has 0 aliphatic rings. The van der Waals surface area contributed by atoms with Crippen LogP contribution in [0.1, 0.15) is 11.1 Å². The summed E-state index contributed by atoms with van der Waals surface area (Å²) in [4.78, 5) is 13.0. The van der Waals surface area contributed by atoms with Gasteiger partial charge in [-0.05, 0) is 34.9 Å². The van der Waals surface area contributed by atoms with Crippen LogP contribution in [0, 0.1) is 0 Å². The minimum atomic E-state index is 0.127. The summed E-state index contributed by atoms with van der Waals surface area (Å²) < 4.78 is 13.0. The Bertz CT molecular complexity index is 1050. The summed E-state index contributed by atoms with van der Waals surface area (Å²) in [6.45, 7) is 0.987. The molecule has 0 amide bonds. The average molecular weight is 381 g/mol. The third kappa shape index (κ3) is 3.85. The summed E-state index contributed by atoms with van der Waals surface area (Å²) in [6.07, 6.45) is 1.72. The number of benzene rings is 2. The fourth-order valence-corrected chi connectivity index (χ4v) is 2.92. The Balaban J connectivity index is 1.61. The number of hydrogen-bond acceptors (Lipinski definition) is 5. The first-order chi connectivity index (χ1) is 13.2. The third-order valence-corrected chi connectivity index (χ3v) is 4.30. The molecule has 0 N–H and O–H groups in total. The van der Waals surface area contributed by atoms with E-state index in [4.69, 9.17) is 21.1 Å². The zero-order valence-corrected chi connectivity index (χ0v) is 15.4. The van der Waals surface area contributed by atoms with Gasteiger partial charge in [-0.1, -0.05) is 42.5 Å². The monoisotopic (exact) mass is 380 g/mol. The van der Waals surface area contributed by atoms with E-state index in [1.165, 1.54) is 0 Å². The van der Waals surface area contributed by atoms with E-state index < -0.39 is 0 Å². The van der Waals surface area contributed by atoms with Gasteiger partial charge >= 0.3 is 0 Å². The molecular weight excluding hydrogens is 364 g/mol. The lowest BCUT2D eigenvalue weighted by Crippen LogP contribution is -2.02. The van der Waals surface area contributed by atoms with Crippen LogP contribution < -0.4 is 9.47 Å². The normalized spacial score (nSPS) is 10.9. The molecule has 4 rings (SSSR count). The Morgan fingerprint density at radius 1 is 0.963 bits per heavy atom. The van der Waals surface area contributed by atoms with Crippen molar-refractivity contribution in [2.24, 2.45) is 0 Å². The SMILES string of the molecule is COc1ccc(Cn2cnc3c(OCc4ccccc4)nc(Cl)nc32)cc1. The molecule has 0 atom stereocenters. The van der Waals surface area contributed by atoms with Gasteiger partial charge in [-0.2, -0.15) is 9.97 Å². The minimum Gasteiger partial charge on any atom is -0.497 e. The molecule has 0 saturated heterocycles. The Labute approximate surface area is 161 Å². The highest BCUT2D eigenvalue weighted by atomic mass is 35.5. The van der Waals surface area contributed by atoms with E-state index in [-0.39, 0.29) is 5.28 Å². The molecule has 0 saturated carbocycles. The lowest BCUT2D eigenvalue weighted by molar-refractivity contribution is 0.297. The van der Waals surface area contributed by atoms with Gasteiger partial charge in [0.25, 0.3) is 0 Å². The summed E-state index contributed by atoms with van der Waals surface area (Å²) >= 11 is 6.12. The second-order valence-corrected chi connectivity index (χ2v) is 6.30. The lowest BCUT2D eigenvalue weighted by atomic mass is 10.2. The minimum absolute atomic E-state index is 0.127. The van der Waals surface area contributed by atoms with Crippen LogP contribution in [0.5, 0.6) is 11.6 Å². The van der Waals surface area contributed by atoms with Crippen molar-refractivity contribution in [3.63, 3.8) is 0 Å². The maximum absolute atomic E-state index is 6.12. The summed E-state index contributed by atoms with van der Waals surface area (Å²) in [5, 5.41) is 0.127. The van der Waals surface area contributed by atoms with E-state index >= 15 is 0 Å². The van der Waals surface area contributed by atoms with Crippen molar-refractivity contribution >= 4 is 22.8 Å². The Morgan fingerprint density at radius 3 is 2.48 bits per heavy atom. The van der Waals surface area contributed by atoms with Gasteiger partial charge in [0.2, 0.25) is 11.2 Å². The van der Waals surface area contributed by atoms with E-state index in [9.17, 15) is 0 Å². The fourth-order valence-electron chi connectivity index (χ4n) is 2.76. The average Bonchev–Trinajstić information content (AvgIpc) is 3.10. The van der Waals surface area contributed by atoms with Crippen molar-refractivity contribution in [3.8, 4) is 11.6 Å². The van der Waals surface area contributed by atoms with Crippen LogP contribution in [0.25, 0.3) is 11.2 Å². The number of nitrogens with zero attached hydrogens (tertiary/aromatic N) is 4. The molecule has 0 aliphatic heterocycles. The second-order valence-electron chi connectivity index (χ2n) is 5.96. The molecule has 136 valence electrons. The van der Waals surface area contributed by atoms with E-state index in [2.05, 4.69) is 15.0 Å². The molecule has 4 aromatic rings. The summed E-state index contributed by atoms with van der Waals surface area (Å²) in [5.41, 5.74) is 3.35. The zero-order valence-electron chi connectivity index (χ0n) is 14.7. The highest BCUT2D eigenvalue weighted by molar-refractivity contribution is 6.28. The standard InChI is InChI=1S/C20H17ClN4O2/c1-26-16-9-7-14(8-10-16)11-25-13-22-17-18(25)23-20(21)24-19(17)27-12-15-5-3-2-4-6-15/h2-10,13H,11-12H2,1H3. The van der Waals surface area contributed by atoms with Gasteiger partial charge in [0.1, 0.15) is 12.4 Å². The van der Waals surface area contributed by atoms with Crippen LogP contribution in [-0.4, -0.2) is 26.6 Å².